The smallest absolute Gasteiger partial charge is 0.231 e. The van der Waals surface area contributed by atoms with E-state index in [-0.39, 0.29) is 0 Å². The zero-order chi connectivity index (χ0) is 19.2. The molecule has 1 aromatic carbocycles. The lowest BCUT2D eigenvalue weighted by Crippen LogP contribution is -2.13. The molecule has 1 aliphatic carbocycles. The van der Waals surface area contributed by atoms with Gasteiger partial charge in [-0.25, -0.2) is 18.4 Å². The Kier molecular flexibility index (Phi) is 4.46. The van der Waals surface area contributed by atoms with Gasteiger partial charge in [0.15, 0.2) is 5.82 Å². The van der Waals surface area contributed by atoms with Crippen LogP contribution in [-0.4, -0.2) is 35.6 Å². The molecule has 7 nitrogen and oxygen atoms in total. The highest BCUT2D eigenvalue weighted by atomic mass is 32.2. The Bertz CT molecular complexity index is 1120. The molecule has 0 aliphatic heterocycles. The highest BCUT2D eigenvalue weighted by Gasteiger charge is 2.22. The molecular weight excluding hydrogens is 364 g/mol. The van der Waals surface area contributed by atoms with E-state index in [2.05, 4.69) is 21.6 Å². The Morgan fingerprint density at radius 1 is 1.30 bits per heavy atom. The van der Waals surface area contributed by atoms with Gasteiger partial charge in [0, 0.05) is 12.5 Å². The maximum Gasteiger partial charge on any atom is 0.231 e. The number of aromatic nitrogens is 3. The van der Waals surface area contributed by atoms with Gasteiger partial charge in [0.2, 0.25) is 10.0 Å². The average Bonchev–Trinajstić information content (AvgIpc) is 3.36. The first-order valence-corrected chi connectivity index (χ1v) is 11.2. The molecule has 0 amide bonds. The zero-order valence-electron chi connectivity index (χ0n) is 15.8. The lowest BCUT2D eigenvalue weighted by atomic mass is 10.2. The van der Waals surface area contributed by atoms with Crippen molar-refractivity contribution in [1.29, 1.82) is 0 Å². The van der Waals surface area contributed by atoms with E-state index in [1.165, 1.54) is 12.8 Å². The first-order chi connectivity index (χ1) is 12.9. The molecule has 8 heteroatoms. The summed E-state index contributed by atoms with van der Waals surface area (Å²) in [5.74, 6) is 2.68. The maximum atomic E-state index is 11.8. The summed E-state index contributed by atoms with van der Waals surface area (Å²) >= 11 is 0. The Labute approximate surface area is 158 Å². The van der Waals surface area contributed by atoms with Crippen molar-refractivity contribution in [3.63, 3.8) is 0 Å². The molecule has 4 rings (SSSR count). The van der Waals surface area contributed by atoms with Crippen LogP contribution in [0.4, 0.5) is 5.82 Å². The van der Waals surface area contributed by atoms with E-state index in [9.17, 15) is 8.42 Å². The highest BCUT2D eigenvalue weighted by molar-refractivity contribution is 7.92. The fourth-order valence-electron chi connectivity index (χ4n) is 3.30. The SMILES string of the molecule is CCCc1nc(C)c2c(NS(C)(=O)=O)nc3ccc(OCC4CC4)cc3n12. The highest BCUT2D eigenvalue weighted by Crippen LogP contribution is 2.32. The molecule has 144 valence electrons. The molecule has 0 spiro atoms. The Morgan fingerprint density at radius 3 is 2.74 bits per heavy atom. The van der Waals surface area contributed by atoms with Gasteiger partial charge in [-0.3, -0.25) is 9.12 Å². The van der Waals surface area contributed by atoms with Crippen molar-refractivity contribution >= 4 is 32.4 Å². The van der Waals surface area contributed by atoms with Crippen LogP contribution in [-0.2, 0) is 16.4 Å². The first kappa shape index (κ1) is 18.0. The number of sulfonamides is 1. The molecule has 1 N–H and O–H groups in total. The molecule has 27 heavy (non-hydrogen) atoms. The molecule has 1 aliphatic rings. The Morgan fingerprint density at radius 2 is 2.07 bits per heavy atom. The van der Waals surface area contributed by atoms with Crippen molar-refractivity contribution in [2.45, 2.75) is 39.5 Å². The van der Waals surface area contributed by atoms with Crippen molar-refractivity contribution in [2.75, 3.05) is 17.6 Å². The molecule has 1 saturated carbocycles. The number of ether oxygens (including phenoxy) is 1. The van der Waals surface area contributed by atoms with Crippen LogP contribution in [0.5, 0.6) is 5.75 Å². The van der Waals surface area contributed by atoms with Gasteiger partial charge in [-0.05, 0) is 44.2 Å². The zero-order valence-corrected chi connectivity index (χ0v) is 16.6. The van der Waals surface area contributed by atoms with Crippen molar-refractivity contribution in [3.05, 3.63) is 29.7 Å². The van der Waals surface area contributed by atoms with Crippen LogP contribution < -0.4 is 9.46 Å². The molecule has 3 aromatic rings. The van der Waals surface area contributed by atoms with Gasteiger partial charge in [0.05, 0.1) is 29.6 Å². The van der Waals surface area contributed by atoms with E-state index < -0.39 is 10.0 Å². The number of rotatable bonds is 7. The predicted molar refractivity (Wildman–Crippen MR) is 106 cm³/mol. The van der Waals surface area contributed by atoms with Crippen molar-refractivity contribution in [3.8, 4) is 5.75 Å². The molecule has 2 aromatic heterocycles. The van der Waals surface area contributed by atoms with E-state index in [1.807, 2.05) is 29.5 Å². The molecule has 0 atom stereocenters. The molecule has 0 unspecified atom stereocenters. The van der Waals surface area contributed by atoms with Crippen LogP contribution in [0.1, 0.15) is 37.7 Å². The van der Waals surface area contributed by atoms with Gasteiger partial charge in [0.1, 0.15) is 17.1 Å². The van der Waals surface area contributed by atoms with Gasteiger partial charge in [-0.15, -0.1) is 0 Å². The van der Waals surface area contributed by atoms with Crippen LogP contribution in [0.25, 0.3) is 16.6 Å². The summed E-state index contributed by atoms with van der Waals surface area (Å²) in [6.45, 7) is 4.71. The first-order valence-electron chi connectivity index (χ1n) is 9.28. The van der Waals surface area contributed by atoms with E-state index in [4.69, 9.17) is 4.74 Å². The van der Waals surface area contributed by atoms with Gasteiger partial charge in [0.25, 0.3) is 0 Å². The fraction of sp³-hybridized carbons (Fsp3) is 0.474. The standard InChI is InChI=1S/C19H24N4O3S/c1-4-5-17-20-12(2)18-19(22-27(3,24)25)21-15-9-8-14(10-16(15)23(17)18)26-11-13-6-7-13/h8-10,13H,4-7,11H2,1-3H3,(H,21,22). The van der Waals surface area contributed by atoms with Crippen LogP contribution >= 0.6 is 0 Å². The summed E-state index contributed by atoms with van der Waals surface area (Å²) in [6.07, 6.45) is 5.33. The maximum absolute atomic E-state index is 11.8. The second-order valence-corrected chi connectivity index (χ2v) is 9.04. The third kappa shape index (κ3) is 3.71. The molecular formula is C19H24N4O3S. The summed E-state index contributed by atoms with van der Waals surface area (Å²) in [7, 11) is -3.45. The molecule has 0 saturated heterocycles. The normalized spacial score (nSPS) is 14.8. The minimum Gasteiger partial charge on any atom is -0.493 e. The van der Waals surface area contributed by atoms with Gasteiger partial charge in [-0.1, -0.05) is 6.92 Å². The largest absolute Gasteiger partial charge is 0.493 e. The summed E-state index contributed by atoms with van der Waals surface area (Å²) in [6, 6.07) is 5.73. The van der Waals surface area contributed by atoms with Gasteiger partial charge in [-0.2, -0.15) is 0 Å². The minimum atomic E-state index is -3.45. The molecule has 1 fully saturated rings. The number of anilines is 1. The number of fused-ring (bicyclic) bond motifs is 3. The monoisotopic (exact) mass is 388 g/mol. The lowest BCUT2D eigenvalue weighted by molar-refractivity contribution is 0.300. The van der Waals surface area contributed by atoms with Crippen LogP contribution in [0.15, 0.2) is 18.2 Å². The van der Waals surface area contributed by atoms with Crippen LogP contribution in [0.2, 0.25) is 0 Å². The Balaban J connectivity index is 1.93. The lowest BCUT2D eigenvalue weighted by Gasteiger charge is -2.12. The second-order valence-electron chi connectivity index (χ2n) is 7.29. The number of nitrogens with zero attached hydrogens (tertiary/aromatic N) is 3. The quantitative estimate of drug-likeness (QED) is 0.671. The van der Waals surface area contributed by atoms with E-state index in [1.54, 1.807) is 0 Å². The number of imidazole rings is 1. The molecule has 0 bridgehead atoms. The summed E-state index contributed by atoms with van der Waals surface area (Å²) < 4.78 is 34.2. The summed E-state index contributed by atoms with van der Waals surface area (Å²) in [5.41, 5.74) is 3.02. The number of hydrogen-bond donors (Lipinski definition) is 1. The molecule has 0 radical (unpaired) electrons. The minimum absolute atomic E-state index is 0.309. The van der Waals surface area contributed by atoms with E-state index >= 15 is 0 Å². The van der Waals surface area contributed by atoms with Gasteiger partial charge < -0.3 is 4.74 Å². The van der Waals surface area contributed by atoms with Crippen LogP contribution in [0.3, 0.4) is 0 Å². The predicted octanol–water partition coefficient (Wildman–Crippen LogP) is 3.30. The topological polar surface area (TPSA) is 85.6 Å². The van der Waals surface area contributed by atoms with Crippen molar-refractivity contribution in [2.24, 2.45) is 5.92 Å². The number of aryl methyl sites for hydroxylation is 2. The average molecular weight is 388 g/mol. The van der Waals surface area contributed by atoms with Crippen LogP contribution in [0, 0.1) is 12.8 Å². The van der Waals surface area contributed by atoms with Crippen molar-refractivity contribution < 1.29 is 13.2 Å². The number of hydrogen-bond acceptors (Lipinski definition) is 5. The number of benzene rings is 1. The second kappa shape index (κ2) is 6.67. The number of nitrogens with one attached hydrogen (secondary N) is 1. The third-order valence-electron chi connectivity index (χ3n) is 4.70. The molecule has 2 heterocycles. The van der Waals surface area contributed by atoms with Crippen molar-refractivity contribution in [1.82, 2.24) is 14.4 Å². The summed E-state index contributed by atoms with van der Waals surface area (Å²) in [5, 5.41) is 0. The Hall–Kier alpha value is -2.35. The van der Waals surface area contributed by atoms with Gasteiger partial charge >= 0.3 is 0 Å². The fourth-order valence-corrected chi connectivity index (χ4v) is 3.79. The third-order valence-corrected chi connectivity index (χ3v) is 5.27. The van der Waals surface area contributed by atoms with E-state index in [0.29, 0.717) is 22.8 Å². The van der Waals surface area contributed by atoms with E-state index in [0.717, 1.165) is 48.5 Å². The summed E-state index contributed by atoms with van der Waals surface area (Å²) in [4.78, 5) is 9.25.